The Balaban J connectivity index is 3.05. The maximum atomic E-state index is 11.6. The highest BCUT2D eigenvalue weighted by Gasteiger charge is 2.18. The summed E-state index contributed by atoms with van der Waals surface area (Å²) in [5, 5.41) is 0.577. The zero-order valence-corrected chi connectivity index (χ0v) is 11.3. The van der Waals surface area contributed by atoms with Gasteiger partial charge in [0.15, 0.2) is 5.78 Å². The molecule has 0 aliphatic heterocycles. The van der Waals surface area contributed by atoms with E-state index >= 15 is 0 Å². The van der Waals surface area contributed by atoms with Crippen molar-refractivity contribution in [1.29, 1.82) is 0 Å². The van der Waals surface area contributed by atoms with Crippen molar-refractivity contribution in [3.05, 3.63) is 40.4 Å². The van der Waals surface area contributed by atoms with Crippen LogP contribution in [0, 0.1) is 0 Å². The van der Waals surface area contributed by atoms with Crippen LogP contribution in [-0.4, -0.2) is 24.2 Å². The van der Waals surface area contributed by atoms with E-state index in [1.807, 2.05) is 0 Å². The molecule has 0 aliphatic rings. The number of rotatable bonds is 5. The predicted molar refractivity (Wildman–Crippen MR) is 71.8 cm³/mol. The van der Waals surface area contributed by atoms with Gasteiger partial charge in [0.25, 0.3) is 0 Å². The molecule has 0 unspecified atom stereocenters. The number of ether oxygens (including phenoxy) is 1. The first-order valence-corrected chi connectivity index (χ1v) is 6.23. The van der Waals surface area contributed by atoms with Crippen LogP contribution in [0.15, 0.2) is 29.8 Å². The Kier molecular flexibility index (Phi) is 5.89. The second-order valence-corrected chi connectivity index (χ2v) is 4.09. The lowest BCUT2D eigenvalue weighted by atomic mass is 10.1. The molecule has 0 aromatic heterocycles. The van der Waals surface area contributed by atoms with Gasteiger partial charge in [0, 0.05) is 5.02 Å². The van der Waals surface area contributed by atoms with E-state index in [0.717, 1.165) is 0 Å². The van der Waals surface area contributed by atoms with E-state index in [1.54, 1.807) is 31.2 Å². The van der Waals surface area contributed by atoms with E-state index in [0.29, 0.717) is 10.6 Å². The molecule has 18 heavy (non-hydrogen) atoms. The first-order valence-electron chi connectivity index (χ1n) is 5.32. The maximum Gasteiger partial charge on any atom is 0.341 e. The van der Waals surface area contributed by atoms with Crippen molar-refractivity contribution in [3.63, 3.8) is 0 Å². The predicted octanol–water partition coefficient (Wildman–Crippen LogP) is 3.09. The lowest BCUT2D eigenvalue weighted by molar-refractivity contribution is -0.139. The number of hydrogen-bond donors (Lipinski definition) is 0. The molecule has 0 saturated heterocycles. The van der Waals surface area contributed by atoms with Crippen LogP contribution in [0.5, 0.6) is 0 Å². The Bertz CT molecular complexity index is 464. The number of halogens is 2. The van der Waals surface area contributed by atoms with E-state index in [4.69, 9.17) is 27.9 Å². The van der Waals surface area contributed by atoms with Gasteiger partial charge in [-0.25, -0.2) is 4.79 Å². The van der Waals surface area contributed by atoms with E-state index in [9.17, 15) is 9.59 Å². The first-order chi connectivity index (χ1) is 8.58. The molecule has 0 saturated carbocycles. The Morgan fingerprint density at radius 3 is 2.39 bits per heavy atom. The van der Waals surface area contributed by atoms with Gasteiger partial charge < -0.3 is 4.74 Å². The molecule has 1 aromatic carbocycles. The Hall–Kier alpha value is -1.32. The average molecular weight is 287 g/mol. The number of benzene rings is 1. The fraction of sp³-hybridized carbons (Fsp3) is 0.231. The van der Waals surface area contributed by atoms with E-state index in [-0.39, 0.29) is 18.1 Å². The van der Waals surface area contributed by atoms with Gasteiger partial charge >= 0.3 is 5.97 Å². The van der Waals surface area contributed by atoms with E-state index in [2.05, 4.69) is 0 Å². The summed E-state index contributed by atoms with van der Waals surface area (Å²) >= 11 is 11.2. The number of carbonyl (C=O) groups is 2. The van der Waals surface area contributed by atoms with Crippen molar-refractivity contribution in [3.8, 4) is 0 Å². The average Bonchev–Trinajstić information content (AvgIpc) is 2.37. The fourth-order valence-corrected chi connectivity index (χ4v) is 1.53. The molecule has 0 atom stereocenters. The lowest BCUT2D eigenvalue weighted by Crippen LogP contribution is -2.16. The molecular formula is C13H12Cl2O3. The molecule has 0 aliphatic carbocycles. The number of esters is 1. The topological polar surface area (TPSA) is 43.4 Å². The van der Waals surface area contributed by atoms with Gasteiger partial charge in [-0.3, -0.25) is 4.79 Å². The summed E-state index contributed by atoms with van der Waals surface area (Å²) in [6.45, 7) is 1.87. The number of hydrogen-bond acceptors (Lipinski definition) is 3. The third kappa shape index (κ3) is 4.17. The largest absolute Gasteiger partial charge is 0.462 e. The summed E-state index contributed by atoms with van der Waals surface area (Å²) in [5.74, 6) is -1.40. The molecular weight excluding hydrogens is 275 g/mol. The van der Waals surface area contributed by atoms with Gasteiger partial charge in [-0.2, -0.15) is 0 Å². The molecule has 0 spiro atoms. The highest BCUT2D eigenvalue weighted by Crippen LogP contribution is 2.14. The molecule has 1 rings (SSSR count). The zero-order chi connectivity index (χ0) is 13.5. The van der Waals surface area contributed by atoms with Gasteiger partial charge in [-0.05, 0) is 30.7 Å². The van der Waals surface area contributed by atoms with Crippen molar-refractivity contribution in [2.24, 2.45) is 0 Å². The quantitative estimate of drug-likeness (QED) is 0.275. The molecule has 96 valence electrons. The lowest BCUT2D eigenvalue weighted by Gasteiger charge is -2.04. The second-order valence-electron chi connectivity index (χ2n) is 3.39. The summed E-state index contributed by atoms with van der Waals surface area (Å²) < 4.78 is 4.81. The number of alkyl halides is 1. The van der Waals surface area contributed by atoms with E-state index < -0.39 is 11.8 Å². The van der Waals surface area contributed by atoms with Gasteiger partial charge in [0.2, 0.25) is 0 Å². The standard InChI is InChI=1S/C13H12Cl2O3/c1-2-18-13(17)11(12(16)8-14)7-9-3-5-10(15)6-4-9/h3-7H,2,8H2,1H3. The third-order valence-electron chi connectivity index (χ3n) is 2.10. The molecule has 3 nitrogen and oxygen atoms in total. The SMILES string of the molecule is CCOC(=O)C(=Cc1ccc(Cl)cc1)C(=O)CCl. The highest BCUT2D eigenvalue weighted by molar-refractivity contribution is 6.35. The van der Waals surface area contributed by atoms with Crippen molar-refractivity contribution in [1.82, 2.24) is 0 Å². The summed E-state index contributed by atoms with van der Waals surface area (Å²) in [6, 6.07) is 6.73. The van der Waals surface area contributed by atoms with Crippen molar-refractivity contribution >= 4 is 41.0 Å². The molecule has 0 amide bonds. The molecule has 0 heterocycles. The summed E-state index contributed by atoms with van der Waals surface area (Å²) in [6.07, 6.45) is 1.44. The minimum absolute atomic E-state index is 0.0610. The van der Waals surface area contributed by atoms with Crippen molar-refractivity contribution < 1.29 is 14.3 Å². The molecule has 1 aromatic rings. The van der Waals surface area contributed by atoms with Crippen molar-refractivity contribution in [2.75, 3.05) is 12.5 Å². The minimum Gasteiger partial charge on any atom is -0.462 e. The van der Waals surface area contributed by atoms with Crippen LogP contribution in [-0.2, 0) is 14.3 Å². The molecule has 0 bridgehead atoms. The van der Waals surface area contributed by atoms with Gasteiger partial charge in [-0.15, -0.1) is 11.6 Å². The summed E-state index contributed by atoms with van der Waals surface area (Å²) in [4.78, 5) is 23.2. The van der Waals surface area contributed by atoms with Crippen LogP contribution in [0.1, 0.15) is 12.5 Å². The van der Waals surface area contributed by atoms with E-state index in [1.165, 1.54) is 6.08 Å². The van der Waals surface area contributed by atoms with Crippen LogP contribution in [0.2, 0.25) is 5.02 Å². The molecule has 5 heteroatoms. The summed E-state index contributed by atoms with van der Waals surface area (Å²) in [7, 11) is 0. The minimum atomic E-state index is -0.668. The number of Topliss-reactive ketones (excluding diaryl/α,β-unsaturated/α-hetero) is 1. The Labute approximate surface area is 115 Å². The Morgan fingerprint density at radius 2 is 1.89 bits per heavy atom. The number of ketones is 1. The fourth-order valence-electron chi connectivity index (χ4n) is 1.26. The first kappa shape index (κ1) is 14.7. The molecule has 0 fully saturated rings. The monoisotopic (exact) mass is 286 g/mol. The summed E-state index contributed by atoms with van der Waals surface area (Å²) in [5.41, 5.74) is 0.620. The molecule has 0 N–H and O–H groups in total. The van der Waals surface area contributed by atoms with Gasteiger partial charge in [0.1, 0.15) is 5.57 Å². The second kappa shape index (κ2) is 7.19. The van der Waals surface area contributed by atoms with Crippen LogP contribution < -0.4 is 0 Å². The van der Waals surface area contributed by atoms with Crippen LogP contribution in [0.3, 0.4) is 0 Å². The van der Waals surface area contributed by atoms with Crippen LogP contribution in [0.4, 0.5) is 0 Å². The van der Waals surface area contributed by atoms with Crippen LogP contribution >= 0.6 is 23.2 Å². The molecule has 0 radical (unpaired) electrons. The van der Waals surface area contributed by atoms with Crippen LogP contribution in [0.25, 0.3) is 6.08 Å². The van der Waals surface area contributed by atoms with Gasteiger partial charge in [-0.1, -0.05) is 23.7 Å². The zero-order valence-electron chi connectivity index (χ0n) is 9.78. The normalized spacial score (nSPS) is 11.2. The third-order valence-corrected chi connectivity index (χ3v) is 2.59. The maximum absolute atomic E-state index is 11.6. The van der Waals surface area contributed by atoms with Crippen molar-refractivity contribution in [2.45, 2.75) is 6.92 Å². The number of carbonyl (C=O) groups excluding carboxylic acids is 2. The highest BCUT2D eigenvalue weighted by atomic mass is 35.5. The Morgan fingerprint density at radius 1 is 1.28 bits per heavy atom. The van der Waals surface area contributed by atoms with Gasteiger partial charge in [0.05, 0.1) is 12.5 Å². The smallest absolute Gasteiger partial charge is 0.341 e.